The van der Waals surface area contributed by atoms with Crippen LogP contribution in [0.15, 0.2) is 12.7 Å². The van der Waals surface area contributed by atoms with Gasteiger partial charge in [-0.2, -0.15) is 13.2 Å². The van der Waals surface area contributed by atoms with Crippen LogP contribution in [-0.2, 0) is 30.5 Å². The van der Waals surface area contributed by atoms with Gasteiger partial charge in [-0.25, -0.2) is 13.2 Å². The minimum atomic E-state index is -6.09. The molecule has 0 spiro atoms. The van der Waals surface area contributed by atoms with Gasteiger partial charge in [-0.15, -0.1) is 0 Å². The Kier molecular flexibility index (Phi) is 7.76. The molecule has 2 atom stereocenters. The Morgan fingerprint density at radius 2 is 2.00 bits per heavy atom. The zero-order chi connectivity index (χ0) is 16.8. The largest absolute Gasteiger partial charge is 0.741 e. The average Bonchev–Trinajstić information content (AvgIpc) is 2.27. The first kappa shape index (κ1) is 20.3. The Hall–Kier alpha value is -0.740. The highest BCUT2D eigenvalue weighted by Gasteiger charge is 2.40. The Morgan fingerprint density at radius 3 is 2.33 bits per heavy atom. The topological polar surface area (TPSA) is 83.5 Å². The Bertz CT molecular complexity index is 459. The van der Waals surface area contributed by atoms with Gasteiger partial charge in [0.2, 0.25) is 5.75 Å². The molecule has 21 heavy (non-hydrogen) atoms. The third-order valence-corrected chi connectivity index (χ3v) is 5.87. The van der Waals surface area contributed by atoms with Crippen LogP contribution in [-0.4, -0.2) is 47.8 Å². The zero-order valence-electron chi connectivity index (χ0n) is 11.6. The lowest BCUT2D eigenvalue weighted by molar-refractivity contribution is -0.141. The van der Waals surface area contributed by atoms with E-state index in [0.717, 1.165) is 5.75 Å². The number of ether oxygens (including phenoxy) is 1. The second kappa shape index (κ2) is 8.04. The van der Waals surface area contributed by atoms with E-state index in [1.807, 2.05) is 6.08 Å². The molecule has 124 valence electrons. The number of hydrogen-bond acceptors (Lipinski definition) is 5. The standard InChI is InChI=1S/C10H17O2S.CHF3O3S/c1-4-5-13-7-10(11)12-6-9(13)8(2)3;2-1(3,4)8(5,6)7/h4,8-9H,1,5-7H2,2-3H3;(H,5,6,7)/q+1;/p-1. The first-order chi connectivity index (χ1) is 9.40. The third-order valence-electron chi connectivity index (χ3n) is 2.50. The van der Waals surface area contributed by atoms with Gasteiger partial charge in [0.05, 0.1) is 0 Å². The van der Waals surface area contributed by atoms with Gasteiger partial charge in [-0.05, 0) is 6.08 Å². The van der Waals surface area contributed by atoms with Crippen molar-refractivity contribution in [3.8, 4) is 0 Å². The van der Waals surface area contributed by atoms with Crippen LogP contribution in [0.2, 0.25) is 0 Å². The van der Waals surface area contributed by atoms with Gasteiger partial charge in [-0.1, -0.05) is 20.4 Å². The summed E-state index contributed by atoms with van der Waals surface area (Å²) >= 11 is 0. The molecule has 1 heterocycles. The number of rotatable bonds is 3. The van der Waals surface area contributed by atoms with Crippen molar-refractivity contribution in [2.45, 2.75) is 24.6 Å². The summed E-state index contributed by atoms with van der Waals surface area (Å²) in [4.78, 5) is 11.1. The molecule has 1 rings (SSSR count). The van der Waals surface area contributed by atoms with E-state index >= 15 is 0 Å². The molecule has 0 amide bonds. The lowest BCUT2D eigenvalue weighted by atomic mass is 10.1. The van der Waals surface area contributed by atoms with E-state index in [-0.39, 0.29) is 16.9 Å². The molecule has 1 fully saturated rings. The maximum absolute atomic E-state index is 11.1. The lowest BCUT2D eigenvalue weighted by Crippen LogP contribution is -2.43. The maximum atomic E-state index is 11.1. The van der Waals surface area contributed by atoms with Crippen molar-refractivity contribution in [2.24, 2.45) is 5.92 Å². The molecule has 1 saturated heterocycles. The highest BCUT2D eigenvalue weighted by Crippen LogP contribution is 2.21. The van der Waals surface area contributed by atoms with Crippen LogP contribution in [0.1, 0.15) is 13.8 Å². The molecule has 0 aliphatic carbocycles. The van der Waals surface area contributed by atoms with E-state index in [0.29, 0.717) is 23.5 Å². The van der Waals surface area contributed by atoms with Gasteiger partial charge >= 0.3 is 11.5 Å². The number of esters is 1. The van der Waals surface area contributed by atoms with E-state index < -0.39 is 15.6 Å². The van der Waals surface area contributed by atoms with Gasteiger partial charge in [0, 0.05) is 16.8 Å². The first-order valence-corrected chi connectivity index (χ1v) is 8.88. The number of carbonyl (C=O) groups is 1. The molecule has 0 bridgehead atoms. The first-order valence-electron chi connectivity index (χ1n) is 5.85. The van der Waals surface area contributed by atoms with Crippen molar-refractivity contribution in [1.29, 1.82) is 0 Å². The average molecular weight is 350 g/mol. The smallest absolute Gasteiger partial charge is 0.485 e. The molecule has 1 aliphatic rings. The molecule has 2 unspecified atom stereocenters. The SMILES string of the molecule is C=CC[S+]1CC(=O)OCC1C(C)C.O=S(=O)([O-])C(F)(F)F. The van der Waals surface area contributed by atoms with Gasteiger partial charge in [0.1, 0.15) is 12.4 Å². The molecule has 0 aromatic rings. The second-order valence-electron chi connectivity index (χ2n) is 4.50. The molecule has 0 aromatic heterocycles. The fourth-order valence-electron chi connectivity index (χ4n) is 1.48. The molecule has 0 aromatic carbocycles. The van der Waals surface area contributed by atoms with Crippen molar-refractivity contribution >= 4 is 27.0 Å². The van der Waals surface area contributed by atoms with E-state index in [1.165, 1.54) is 0 Å². The maximum Gasteiger partial charge on any atom is 0.485 e. The summed E-state index contributed by atoms with van der Waals surface area (Å²) in [6, 6.07) is 0. The van der Waals surface area contributed by atoms with Crippen molar-refractivity contribution < 1.29 is 35.7 Å². The fraction of sp³-hybridized carbons (Fsp3) is 0.727. The molecular weight excluding hydrogens is 333 g/mol. The number of halogens is 3. The quantitative estimate of drug-likeness (QED) is 0.253. The summed E-state index contributed by atoms with van der Waals surface area (Å²) in [6.07, 6.45) is 1.91. The predicted molar refractivity (Wildman–Crippen MR) is 72.6 cm³/mol. The van der Waals surface area contributed by atoms with Crippen LogP contribution in [0.4, 0.5) is 13.2 Å². The number of cyclic esters (lactones) is 1. The summed E-state index contributed by atoms with van der Waals surface area (Å²) in [7, 11) is -5.93. The van der Waals surface area contributed by atoms with Crippen molar-refractivity contribution in [2.75, 3.05) is 18.1 Å². The van der Waals surface area contributed by atoms with Crippen LogP contribution < -0.4 is 0 Å². The molecule has 5 nitrogen and oxygen atoms in total. The highest BCUT2D eigenvalue weighted by molar-refractivity contribution is 7.98. The molecule has 0 saturated carbocycles. The predicted octanol–water partition coefficient (Wildman–Crippen LogP) is 1.42. The Labute approximate surface area is 124 Å². The summed E-state index contributed by atoms with van der Waals surface area (Å²) in [5, 5.41) is 0.538. The van der Waals surface area contributed by atoms with Gasteiger partial charge in [-0.3, -0.25) is 0 Å². The van der Waals surface area contributed by atoms with Crippen LogP contribution in [0.5, 0.6) is 0 Å². The Balaban J connectivity index is 0.000000433. The van der Waals surface area contributed by atoms with Gasteiger partial charge in [0.15, 0.2) is 15.4 Å². The van der Waals surface area contributed by atoms with E-state index in [4.69, 9.17) is 17.7 Å². The van der Waals surface area contributed by atoms with Crippen LogP contribution in [0.25, 0.3) is 0 Å². The molecular formula is C11H17F3O5S2. The van der Waals surface area contributed by atoms with Gasteiger partial charge < -0.3 is 9.29 Å². The molecule has 0 radical (unpaired) electrons. The van der Waals surface area contributed by atoms with Gasteiger partial charge in [0.25, 0.3) is 0 Å². The van der Waals surface area contributed by atoms with Crippen molar-refractivity contribution in [3.05, 3.63) is 12.7 Å². The Morgan fingerprint density at radius 1 is 1.52 bits per heavy atom. The second-order valence-corrected chi connectivity index (χ2v) is 8.18. The lowest BCUT2D eigenvalue weighted by Gasteiger charge is -2.25. The number of hydrogen-bond donors (Lipinski definition) is 0. The molecule has 0 N–H and O–H groups in total. The summed E-state index contributed by atoms with van der Waals surface area (Å²) < 4.78 is 64.0. The van der Waals surface area contributed by atoms with Crippen molar-refractivity contribution in [3.63, 3.8) is 0 Å². The number of alkyl halides is 3. The third kappa shape index (κ3) is 7.18. The number of carbonyl (C=O) groups excluding carboxylic acids is 1. The van der Waals surface area contributed by atoms with Crippen molar-refractivity contribution in [1.82, 2.24) is 0 Å². The summed E-state index contributed by atoms with van der Waals surface area (Å²) in [6.45, 7) is 8.71. The molecule has 10 heteroatoms. The molecule has 1 aliphatic heterocycles. The van der Waals surface area contributed by atoms with Crippen LogP contribution in [0, 0.1) is 5.92 Å². The minimum Gasteiger partial charge on any atom is -0.741 e. The van der Waals surface area contributed by atoms with E-state index in [2.05, 4.69) is 20.4 Å². The van der Waals surface area contributed by atoms with Crippen LogP contribution in [0.3, 0.4) is 0 Å². The van der Waals surface area contributed by atoms with E-state index in [9.17, 15) is 18.0 Å². The zero-order valence-corrected chi connectivity index (χ0v) is 13.2. The monoisotopic (exact) mass is 350 g/mol. The highest BCUT2D eigenvalue weighted by atomic mass is 32.2. The summed E-state index contributed by atoms with van der Waals surface area (Å²) in [5.41, 5.74) is -5.65. The minimum absolute atomic E-state index is 0.0397. The fourth-order valence-corrected chi connectivity index (χ4v) is 3.78. The van der Waals surface area contributed by atoms with Crippen LogP contribution >= 0.6 is 0 Å². The van der Waals surface area contributed by atoms with E-state index in [1.54, 1.807) is 0 Å². The normalized spacial score (nSPS) is 23.1. The summed E-state index contributed by atoms with van der Waals surface area (Å²) in [5.74, 6) is 2.10.